The van der Waals surface area contributed by atoms with Crippen molar-refractivity contribution < 1.29 is 4.74 Å². The molecule has 0 amide bonds. The molecular weight excluding hydrogens is 230 g/mol. The SMILES string of the molecule is NCC1(c2ccccc2SC2COC2)CCC1. The Bertz CT molecular complexity index is 393. The van der Waals surface area contributed by atoms with Crippen molar-refractivity contribution in [2.24, 2.45) is 5.73 Å². The van der Waals surface area contributed by atoms with E-state index in [1.165, 1.54) is 29.7 Å². The van der Waals surface area contributed by atoms with Gasteiger partial charge in [0.1, 0.15) is 0 Å². The Morgan fingerprint density at radius 2 is 2.06 bits per heavy atom. The molecule has 0 spiro atoms. The van der Waals surface area contributed by atoms with Gasteiger partial charge in [-0.3, -0.25) is 0 Å². The van der Waals surface area contributed by atoms with Gasteiger partial charge in [0.2, 0.25) is 0 Å². The van der Waals surface area contributed by atoms with Crippen molar-refractivity contribution in [2.45, 2.75) is 34.8 Å². The third-order valence-electron chi connectivity index (χ3n) is 4.06. The Labute approximate surface area is 107 Å². The van der Waals surface area contributed by atoms with Gasteiger partial charge in [0.25, 0.3) is 0 Å². The summed E-state index contributed by atoms with van der Waals surface area (Å²) in [5.41, 5.74) is 7.76. The summed E-state index contributed by atoms with van der Waals surface area (Å²) in [6, 6.07) is 8.79. The minimum absolute atomic E-state index is 0.272. The van der Waals surface area contributed by atoms with E-state index in [0.717, 1.165) is 19.8 Å². The molecule has 92 valence electrons. The van der Waals surface area contributed by atoms with Gasteiger partial charge in [-0.25, -0.2) is 0 Å². The van der Waals surface area contributed by atoms with Crippen LogP contribution in [0, 0.1) is 0 Å². The third-order valence-corrected chi connectivity index (χ3v) is 5.28. The molecule has 1 heterocycles. The lowest BCUT2D eigenvalue weighted by Gasteiger charge is -2.43. The van der Waals surface area contributed by atoms with Crippen LogP contribution in [0.4, 0.5) is 0 Å². The lowest BCUT2D eigenvalue weighted by molar-refractivity contribution is 0.0455. The fourth-order valence-corrected chi connectivity index (χ4v) is 3.91. The molecule has 2 fully saturated rings. The molecule has 1 aromatic rings. The number of rotatable bonds is 4. The summed E-state index contributed by atoms with van der Waals surface area (Å²) in [5, 5.41) is 0.644. The van der Waals surface area contributed by atoms with E-state index < -0.39 is 0 Å². The van der Waals surface area contributed by atoms with E-state index in [4.69, 9.17) is 10.5 Å². The van der Waals surface area contributed by atoms with Crippen LogP contribution in [0.15, 0.2) is 29.2 Å². The average Bonchev–Trinajstić information content (AvgIpc) is 2.24. The van der Waals surface area contributed by atoms with Crippen LogP contribution in [0.3, 0.4) is 0 Å². The molecule has 1 aliphatic heterocycles. The number of hydrogen-bond acceptors (Lipinski definition) is 3. The summed E-state index contributed by atoms with van der Waals surface area (Å²) >= 11 is 1.97. The van der Waals surface area contributed by atoms with Crippen LogP contribution < -0.4 is 5.73 Å². The minimum Gasteiger partial charge on any atom is -0.379 e. The van der Waals surface area contributed by atoms with E-state index in [2.05, 4.69) is 24.3 Å². The van der Waals surface area contributed by atoms with Crippen LogP contribution in [0.2, 0.25) is 0 Å². The third kappa shape index (κ3) is 2.01. The normalized spacial score (nSPS) is 22.9. The van der Waals surface area contributed by atoms with Gasteiger partial charge in [0, 0.05) is 16.9 Å². The molecule has 2 N–H and O–H groups in total. The number of thioether (sulfide) groups is 1. The molecule has 1 saturated carbocycles. The van der Waals surface area contributed by atoms with Crippen molar-refractivity contribution in [3.8, 4) is 0 Å². The average molecular weight is 249 g/mol. The second-order valence-corrected chi connectivity index (χ2v) is 6.45. The van der Waals surface area contributed by atoms with Crippen LogP contribution in [0.5, 0.6) is 0 Å². The molecule has 1 aromatic carbocycles. The number of ether oxygens (including phenoxy) is 1. The zero-order valence-electron chi connectivity index (χ0n) is 10.0. The predicted molar refractivity (Wildman–Crippen MR) is 71.5 cm³/mol. The molecule has 0 radical (unpaired) electrons. The predicted octanol–water partition coefficient (Wildman–Crippen LogP) is 2.56. The van der Waals surface area contributed by atoms with Crippen LogP contribution in [0.25, 0.3) is 0 Å². The molecule has 1 aliphatic carbocycles. The minimum atomic E-state index is 0.272. The van der Waals surface area contributed by atoms with Crippen molar-refractivity contribution in [3.63, 3.8) is 0 Å². The highest BCUT2D eigenvalue weighted by Crippen LogP contribution is 2.47. The van der Waals surface area contributed by atoms with E-state index in [1.807, 2.05) is 11.8 Å². The van der Waals surface area contributed by atoms with Crippen molar-refractivity contribution in [3.05, 3.63) is 29.8 Å². The molecule has 0 atom stereocenters. The van der Waals surface area contributed by atoms with Crippen LogP contribution in [0.1, 0.15) is 24.8 Å². The number of hydrogen-bond donors (Lipinski definition) is 1. The topological polar surface area (TPSA) is 35.2 Å². The Morgan fingerprint density at radius 1 is 1.29 bits per heavy atom. The Kier molecular flexibility index (Phi) is 3.16. The maximum atomic E-state index is 6.01. The molecule has 0 bridgehead atoms. The van der Waals surface area contributed by atoms with E-state index in [9.17, 15) is 0 Å². The second-order valence-electron chi connectivity index (χ2n) is 5.11. The molecule has 2 nitrogen and oxygen atoms in total. The smallest absolute Gasteiger partial charge is 0.0611 e. The molecule has 1 saturated heterocycles. The fraction of sp³-hybridized carbons (Fsp3) is 0.571. The number of benzene rings is 1. The van der Waals surface area contributed by atoms with Gasteiger partial charge in [0.05, 0.1) is 18.5 Å². The fourth-order valence-electron chi connectivity index (χ4n) is 2.66. The van der Waals surface area contributed by atoms with E-state index in [1.54, 1.807) is 0 Å². The molecular formula is C14H19NOS. The largest absolute Gasteiger partial charge is 0.379 e. The Morgan fingerprint density at radius 3 is 2.59 bits per heavy atom. The quantitative estimate of drug-likeness (QED) is 0.890. The van der Waals surface area contributed by atoms with Gasteiger partial charge in [-0.15, -0.1) is 11.8 Å². The summed E-state index contributed by atoms with van der Waals surface area (Å²) in [6.45, 7) is 2.58. The first kappa shape index (κ1) is 11.6. The first-order valence-electron chi connectivity index (χ1n) is 6.38. The maximum Gasteiger partial charge on any atom is 0.0611 e. The standard InChI is InChI=1S/C14H19NOS/c15-10-14(6-3-7-14)12-4-1-2-5-13(12)17-11-8-16-9-11/h1-2,4-5,11H,3,6-10,15H2. The van der Waals surface area contributed by atoms with Crippen LogP contribution >= 0.6 is 11.8 Å². The second kappa shape index (κ2) is 4.63. The zero-order chi connectivity index (χ0) is 11.7. The van der Waals surface area contributed by atoms with Gasteiger partial charge in [-0.2, -0.15) is 0 Å². The highest BCUT2D eigenvalue weighted by molar-refractivity contribution is 8.00. The monoisotopic (exact) mass is 249 g/mol. The molecule has 3 heteroatoms. The lowest BCUT2D eigenvalue weighted by atomic mass is 9.64. The summed E-state index contributed by atoms with van der Waals surface area (Å²) < 4.78 is 5.25. The summed E-state index contributed by atoms with van der Waals surface area (Å²) in [7, 11) is 0. The molecule has 2 aliphatic rings. The zero-order valence-corrected chi connectivity index (χ0v) is 10.8. The van der Waals surface area contributed by atoms with Gasteiger partial charge in [0.15, 0.2) is 0 Å². The molecule has 3 rings (SSSR count). The van der Waals surface area contributed by atoms with Crippen LogP contribution in [-0.4, -0.2) is 25.0 Å². The van der Waals surface area contributed by atoms with Gasteiger partial charge in [-0.05, 0) is 24.5 Å². The molecule has 0 unspecified atom stereocenters. The summed E-state index contributed by atoms with van der Waals surface area (Å²) in [6.07, 6.45) is 3.83. The Balaban J connectivity index is 1.86. The summed E-state index contributed by atoms with van der Waals surface area (Å²) in [5.74, 6) is 0. The first-order chi connectivity index (χ1) is 8.34. The van der Waals surface area contributed by atoms with Crippen molar-refractivity contribution >= 4 is 11.8 Å². The maximum absolute atomic E-state index is 6.01. The van der Waals surface area contributed by atoms with Gasteiger partial charge >= 0.3 is 0 Å². The molecule has 17 heavy (non-hydrogen) atoms. The van der Waals surface area contributed by atoms with Crippen molar-refractivity contribution in [2.75, 3.05) is 19.8 Å². The number of nitrogens with two attached hydrogens (primary N) is 1. The highest BCUT2D eigenvalue weighted by Gasteiger charge is 2.39. The van der Waals surface area contributed by atoms with E-state index >= 15 is 0 Å². The van der Waals surface area contributed by atoms with Crippen LogP contribution in [-0.2, 0) is 10.2 Å². The van der Waals surface area contributed by atoms with Gasteiger partial charge < -0.3 is 10.5 Å². The van der Waals surface area contributed by atoms with Gasteiger partial charge in [-0.1, -0.05) is 24.6 Å². The highest BCUT2D eigenvalue weighted by atomic mass is 32.2. The first-order valence-corrected chi connectivity index (χ1v) is 7.26. The molecule has 0 aromatic heterocycles. The summed E-state index contributed by atoms with van der Waals surface area (Å²) in [4.78, 5) is 1.42. The Hall–Kier alpha value is -0.510. The van der Waals surface area contributed by atoms with Crippen molar-refractivity contribution in [1.29, 1.82) is 0 Å². The van der Waals surface area contributed by atoms with E-state index in [-0.39, 0.29) is 5.41 Å². The van der Waals surface area contributed by atoms with Crippen molar-refractivity contribution in [1.82, 2.24) is 0 Å². The lowest BCUT2D eigenvalue weighted by Crippen LogP contribution is -2.42. The van der Waals surface area contributed by atoms with E-state index in [0.29, 0.717) is 5.25 Å².